The van der Waals surface area contributed by atoms with E-state index in [1.807, 2.05) is 0 Å². The van der Waals surface area contributed by atoms with Gasteiger partial charge in [-0.1, -0.05) is 18.2 Å². The number of hydrogen-bond acceptors (Lipinski definition) is 5. The lowest BCUT2D eigenvalue weighted by molar-refractivity contribution is -0.0500. The number of amides is 1. The Bertz CT molecular complexity index is 696. The summed E-state index contributed by atoms with van der Waals surface area (Å²) in [6, 6.07) is 5.50. The van der Waals surface area contributed by atoms with Crippen LogP contribution in [0.3, 0.4) is 0 Å². The van der Waals surface area contributed by atoms with Crippen LogP contribution in [0.4, 0.5) is 18.0 Å². The average molecular weight is 383 g/mol. The molecule has 6 nitrogen and oxygen atoms in total. The van der Waals surface area contributed by atoms with E-state index in [1.54, 1.807) is 26.8 Å². The van der Waals surface area contributed by atoms with Gasteiger partial charge in [0.05, 0.1) is 0 Å². The van der Waals surface area contributed by atoms with Crippen LogP contribution in [-0.4, -0.2) is 32.2 Å². The molecule has 0 unspecified atom stereocenters. The molecule has 0 spiro atoms. The van der Waals surface area contributed by atoms with Crippen molar-refractivity contribution in [2.75, 3.05) is 6.54 Å². The zero-order chi connectivity index (χ0) is 19.3. The molecule has 0 saturated carbocycles. The van der Waals surface area contributed by atoms with Crippen molar-refractivity contribution < 1.29 is 35.3 Å². The molecule has 0 aliphatic carbocycles. The Morgan fingerprint density at radius 1 is 1.16 bits per heavy atom. The topological polar surface area (TPSA) is 81.7 Å². The Kier molecular flexibility index (Phi) is 6.69. The molecule has 1 rings (SSSR count). The number of alkyl carbamates (subject to hydrolysis) is 1. The number of carbonyl (C=O) groups excluding carboxylic acids is 1. The molecule has 0 bridgehead atoms. The fourth-order valence-electron chi connectivity index (χ4n) is 1.74. The quantitative estimate of drug-likeness (QED) is 0.463. The third-order valence-corrected chi connectivity index (χ3v) is 3.71. The minimum absolute atomic E-state index is 0.204. The molecule has 10 heteroatoms. The van der Waals surface area contributed by atoms with Crippen LogP contribution >= 0.6 is 0 Å². The first-order chi connectivity index (χ1) is 11.3. The first-order valence-corrected chi connectivity index (χ1v) is 8.78. The van der Waals surface area contributed by atoms with E-state index in [9.17, 15) is 26.4 Å². The van der Waals surface area contributed by atoms with Gasteiger partial charge in [-0.2, -0.15) is 21.6 Å². The zero-order valence-corrected chi connectivity index (χ0v) is 14.8. The predicted molar refractivity (Wildman–Crippen MR) is 84.6 cm³/mol. The lowest BCUT2D eigenvalue weighted by atomic mass is 10.1. The number of para-hydroxylation sites is 1. The highest BCUT2D eigenvalue weighted by molar-refractivity contribution is 7.88. The minimum atomic E-state index is -5.73. The number of hydrogen-bond donors (Lipinski definition) is 1. The summed E-state index contributed by atoms with van der Waals surface area (Å²) in [7, 11) is -5.73. The molecule has 1 aromatic carbocycles. The van der Waals surface area contributed by atoms with Crippen LogP contribution < -0.4 is 9.50 Å². The molecule has 0 atom stereocenters. The van der Waals surface area contributed by atoms with Gasteiger partial charge >= 0.3 is 21.7 Å². The number of rotatable bonds is 6. The van der Waals surface area contributed by atoms with Crippen LogP contribution in [0.1, 0.15) is 32.8 Å². The smallest absolute Gasteiger partial charge is 0.444 e. The fourth-order valence-corrected chi connectivity index (χ4v) is 2.23. The van der Waals surface area contributed by atoms with Gasteiger partial charge in [-0.25, -0.2) is 4.79 Å². The van der Waals surface area contributed by atoms with Crippen molar-refractivity contribution in [3.63, 3.8) is 0 Å². The molecule has 0 aliphatic heterocycles. The molecule has 0 radical (unpaired) electrons. The highest BCUT2D eigenvalue weighted by Gasteiger charge is 2.48. The van der Waals surface area contributed by atoms with Gasteiger partial charge < -0.3 is 14.2 Å². The first-order valence-electron chi connectivity index (χ1n) is 7.37. The molecular formula is C15H20F3NO5S. The van der Waals surface area contributed by atoms with E-state index in [0.29, 0.717) is 6.42 Å². The van der Waals surface area contributed by atoms with Crippen LogP contribution in [0.5, 0.6) is 5.75 Å². The van der Waals surface area contributed by atoms with E-state index >= 15 is 0 Å². The summed E-state index contributed by atoms with van der Waals surface area (Å²) >= 11 is 0. The molecule has 1 amide bonds. The van der Waals surface area contributed by atoms with Gasteiger partial charge in [0.25, 0.3) is 0 Å². The monoisotopic (exact) mass is 383 g/mol. The molecule has 1 aromatic rings. The van der Waals surface area contributed by atoms with E-state index in [0.717, 1.165) is 6.07 Å². The van der Waals surface area contributed by atoms with E-state index < -0.39 is 33.1 Å². The molecule has 25 heavy (non-hydrogen) atoms. The third-order valence-electron chi connectivity index (χ3n) is 2.75. The van der Waals surface area contributed by atoms with Gasteiger partial charge in [-0.05, 0) is 45.2 Å². The SMILES string of the molecule is CC(C)(C)OC(=O)NCCCc1ccccc1OS(=O)(=O)C(F)(F)F. The summed E-state index contributed by atoms with van der Waals surface area (Å²) in [5.74, 6) is -0.392. The van der Waals surface area contributed by atoms with E-state index in [-0.39, 0.29) is 18.5 Å². The predicted octanol–water partition coefficient (Wildman–Crippen LogP) is 3.37. The van der Waals surface area contributed by atoms with Gasteiger partial charge in [0.1, 0.15) is 11.4 Å². The molecule has 0 aliphatic rings. The third kappa shape index (κ3) is 7.20. The van der Waals surface area contributed by atoms with E-state index in [1.165, 1.54) is 12.1 Å². The maximum absolute atomic E-state index is 12.4. The summed E-state index contributed by atoms with van der Waals surface area (Å²) in [5.41, 5.74) is -5.86. The Morgan fingerprint density at radius 3 is 2.32 bits per heavy atom. The molecule has 0 saturated heterocycles. The second kappa shape index (κ2) is 7.94. The number of ether oxygens (including phenoxy) is 1. The van der Waals surface area contributed by atoms with Gasteiger partial charge in [-0.15, -0.1) is 0 Å². The van der Waals surface area contributed by atoms with Crippen molar-refractivity contribution in [3.8, 4) is 5.75 Å². The minimum Gasteiger partial charge on any atom is -0.444 e. The van der Waals surface area contributed by atoms with Crippen molar-refractivity contribution in [2.45, 2.75) is 44.7 Å². The number of carbonyl (C=O) groups is 1. The highest BCUT2D eigenvalue weighted by atomic mass is 32.2. The number of nitrogens with one attached hydrogen (secondary N) is 1. The van der Waals surface area contributed by atoms with Crippen LogP contribution in [0, 0.1) is 0 Å². The normalized spacial score (nSPS) is 12.6. The summed E-state index contributed by atoms with van der Waals surface area (Å²) in [6.45, 7) is 5.33. The van der Waals surface area contributed by atoms with Gasteiger partial charge in [-0.3, -0.25) is 0 Å². The Balaban J connectivity index is 2.63. The molecule has 0 aromatic heterocycles. The molecule has 0 fully saturated rings. The Labute approximate surface area is 144 Å². The van der Waals surface area contributed by atoms with Gasteiger partial charge in [0.2, 0.25) is 0 Å². The first kappa shape index (κ1) is 21.1. The molecule has 0 heterocycles. The summed E-state index contributed by atoms with van der Waals surface area (Å²) < 4.78 is 68.6. The number of halogens is 3. The Hall–Kier alpha value is -1.97. The average Bonchev–Trinajstić information content (AvgIpc) is 2.41. The summed E-state index contributed by atoms with van der Waals surface area (Å²) in [5, 5.41) is 2.50. The van der Waals surface area contributed by atoms with Crippen molar-refractivity contribution in [3.05, 3.63) is 29.8 Å². The lowest BCUT2D eigenvalue weighted by Crippen LogP contribution is -2.33. The van der Waals surface area contributed by atoms with Crippen molar-refractivity contribution in [1.82, 2.24) is 5.32 Å². The summed E-state index contributed by atoms with van der Waals surface area (Å²) in [4.78, 5) is 11.5. The largest absolute Gasteiger partial charge is 0.534 e. The highest BCUT2D eigenvalue weighted by Crippen LogP contribution is 2.29. The van der Waals surface area contributed by atoms with Crippen molar-refractivity contribution >= 4 is 16.2 Å². The fraction of sp³-hybridized carbons (Fsp3) is 0.533. The number of benzene rings is 1. The van der Waals surface area contributed by atoms with E-state index in [4.69, 9.17) is 4.74 Å². The van der Waals surface area contributed by atoms with Crippen LogP contribution in [0.15, 0.2) is 24.3 Å². The second-order valence-electron chi connectivity index (χ2n) is 6.12. The maximum Gasteiger partial charge on any atom is 0.534 e. The van der Waals surface area contributed by atoms with Crippen LogP contribution in [-0.2, 0) is 21.3 Å². The lowest BCUT2D eigenvalue weighted by Gasteiger charge is -2.19. The summed E-state index contributed by atoms with van der Waals surface area (Å²) in [6.07, 6.45) is -0.0536. The maximum atomic E-state index is 12.4. The molecular weight excluding hydrogens is 363 g/mol. The molecule has 142 valence electrons. The van der Waals surface area contributed by atoms with Crippen molar-refractivity contribution in [1.29, 1.82) is 0 Å². The number of aryl methyl sites for hydroxylation is 1. The Morgan fingerprint density at radius 2 is 1.76 bits per heavy atom. The van der Waals surface area contributed by atoms with Crippen LogP contribution in [0.2, 0.25) is 0 Å². The number of alkyl halides is 3. The van der Waals surface area contributed by atoms with Gasteiger partial charge in [0, 0.05) is 6.54 Å². The van der Waals surface area contributed by atoms with Crippen LogP contribution in [0.25, 0.3) is 0 Å². The second-order valence-corrected chi connectivity index (χ2v) is 7.66. The molecule has 1 N–H and O–H groups in total. The van der Waals surface area contributed by atoms with E-state index in [2.05, 4.69) is 9.50 Å². The van der Waals surface area contributed by atoms with Crippen molar-refractivity contribution in [2.24, 2.45) is 0 Å². The zero-order valence-electron chi connectivity index (χ0n) is 14.0. The van der Waals surface area contributed by atoms with Gasteiger partial charge in [0.15, 0.2) is 0 Å². The standard InChI is InChI=1S/C15H20F3NO5S/c1-14(2,3)23-13(20)19-10-6-8-11-7-4-5-9-12(11)24-25(21,22)15(16,17)18/h4-5,7,9H,6,8,10H2,1-3H3,(H,19,20).